The molecule has 2 rings (SSSR count). The van der Waals surface area contributed by atoms with Crippen LogP contribution in [0, 0.1) is 0 Å². The summed E-state index contributed by atoms with van der Waals surface area (Å²) in [5.41, 5.74) is 0.885. The molecule has 2 nitrogen and oxygen atoms in total. The zero-order valence-electron chi connectivity index (χ0n) is 15.8. The van der Waals surface area contributed by atoms with Crippen molar-refractivity contribution < 1.29 is 4.79 Å². The normalized spacial score (nSPS) is 13.8. The zero-order valence-corrected chi connectivity index (χ0v) is 17.4. The lowest BCUT2D eigenvalue weighted by molar-refractivity contribution is -0.119. The van der Waals surface area contributed by atoms with E-state index in [1.807, 2.05) is 39.8 Å². The molecule has 0 unspecified atom stereocenters. The van der Waals surface area contributed by atoms with E-state index in [1.54, 1.807) is 6.07 Å². The number of amides is 1. The van der Waals surface area contributed by atoms with Gasteiger partial charge < -0.3 is 5.32 Å². The predicted octanol–water partition coefficient (Wildman–Crippen LogP) is 6.77. The van der Waals surface area contributed by atoms with Crippen molar-refractivity contribution in [3.63, 3.8) is 0 Å². The molecule has 1 aromatic rings. The number of hydrogen-bond donors (Lipinski definition) is 1. The third kappa shape index (κ3) is 9.54. The largest absolute Gasteiger partial charge is 0.355 e. The summed E-state index contributed by atoms with van der Waals surface area (Å²) in [4.78, 5) is 10.9. The number of nitrogens with one attached hydrogen (secondary N) is 1. The van der Waals surface area contributed by atoms with Gasteiger partial charge >= 0.3 is 0 Å². The molecule has 1 saturated carbocycles. The van der Waals surface area contributed by atoms with Crippen LogP contribution >= 0.6 is 23.2 Å². The third-order valence-electron chi connectivity index (χ3n) is 3.98. The van der Waals surface area contributed by atoms with Crippen LogP contribution in [0.1, 0.15) is 78.7 Å². The number of halogens is 2. The fourth-order valence-corrected chi connectivity index (χ4v) is 2.72. The van der Waals surface area contributed by atoms with Gasteiger partial charge in [-0.3, -0.25) is 4.79 Å². The molecule has 0 heterocycles. The van der Waals surface area contributed by atoms with Gasteiger partial charge in [0.25, 0.3) is 0 Å². The summed E-state index contributed by atoms with van der Waals surface area (Å²) in [6.07, 6.45) is 9.00. The monoisotopic (exact) mass is 373 g/mol. The van der Waals surface area contributed by atoms with E-state index in [9.17, 15) is 4.79 Å². The Morgan fingerprint density at radius 2 is 1.46 bits per heavy atom. The highest BCUT2D eigenvalue weighted by Crippen LogP contribution is 2.29. The number of carbonyl (C=O) groups is 1. The first kappa shape index (κ1) is 23.3. The van der Waals surface area contributed by atoms with Crippen LogP contribution in [0.2, 0.25) is 10.0 Å². The summed E-state index contributed by atoms with van der Waals surface area (Å²) >= 11 is 11.8. The lowest BCUT2D eigenvalue weighted by atomic mass is 9.84. The Bertz CT molecular complexity index is 471. The summed E-state index contributed by atoms with van der Waals surface area (Å²) in [5.74, 6) is -0.0341. The average Bonchev–Trinajstić information content (AvgIpc) is 2.59. The Morgan fingerprint density at radius 1 is 1.00 bits per heavy atom. The molecular formula is C20H33Cl2NO. The van der Waals surface area contributed by atoms with E-state index in [-0.39, 0.29) is 11.3 Å². The maximum atomic E-state index is 10.9. The zero-order chi connectivity index (χ0) is 18.6. The smallest absolute Gasteiger partial charge is 0.216 e. The van der Waals surface area contributed by atoms with E-state index in [1.165, 1.54) is 45.4 Å². The molecule has 1 aliphatic carbocycles. The second-order valence-corrected chi connectivity index (χ2v) is 7.36. The van der Waals surface area contributed by atoms with Gasteiger partial charge in [0.05, 0.1) is 10.0 Å². The van der Waals surface area contributed by atoms with Crippen molar-refractivity contribution in [2.24, 2.45) is 0 Å². The first-order valence-corrected chi connectivity index (χ1v) is 9.78. The van der Waals surface area contributed by atoms with Crippen LogP contribution in [0.4, 0.5) is 0 Å². The van der Waals surface area contributed by atoms with E-state index in [0.717, 1.165) is 5.56 Å². The molecular weight excluding hydrogens is 341 g/mol. The van der Waals surface area contributed by atoms with Gasteiger partial charge in [-0.2, -0.15) is 0 Å². The minimum Gasteiger partial charge on any atom is -0.355 e. The van der Waals surface area contributed by atoms with Crippen LogP contribution in [0.15, 0.2) is 18.2 Å². The van der Waals surface area contributed by atoms with Gasteiger partial charge in [-0.1, -0.05) is 95.5 Å². The van der Waals surface area contributed by atoms with Crippen LogP contribution in [0.5, 0.6) is 0 Å². The van der Waals surface area contributed by atoms with Crippen LogP contribution in [-0.2, 0) is 10.2 Å². The van der Waals surface area contributed by atoms with E-state index >= 15 is 0 Å². The first-order valence-electron chi connectivity index (χ1n) is 9.03. The molecule has 138 valence electrons. The van der Waals surface area contributed by atoms with Gasteiger partial charge in [0, 0.05) is 18.9 Å². The highest BCUT2D eigenvalue weighted by Gasteiger charge is 2.21. The SMILES string of the molecule is C1CCCCC1.CC.CC(=O)NCC(C)(C)c1ccc(Cl)c(Cl)c1. The van der Waals surface area contributed by atoms with Crippen LogP contribution in [-0.4, -0.2) is 12.5 Å². The summed E-state index contributed by atoms with van der Waals surface area (Å²) < 4.78 is 0. The molecule has 4 heteroatoms. The Balaban J connectivity index is 0.000000547. The maximum absolute atomic E-state index is 10.9. The minimum absolute atomic E-state index is 0.0341. The second kappa shape index (κ2) is 12.6. The molecule has 1 aliphatic rings. The van der Waals surface area contributed by atoms with E-state index in [4.69, 9.17) is 23.2 Å². The first-order chi connectivity index (χ1) is 11.3. The Kier molecular flexibility index (Phi) is 12.2. The summed E-state index contributed by atoms with van der Waals surface area (Å²) in [6.45, 7) is 10.2. The molecule has 0 atom stereocenters. The van der Waals surface area contributed by atoms with E-state index in [2.05, 4.69) is 5.32 Å². The van der Waals surface area contributed by atoms with Crippen molar-refractivity contribution in [2.75, 3.05) is 6.54 Å². The summed E-state index contributed by atoms with van der Waals surface area (Å²) in [6, 6.07) is 5.54. The molecule has 1 amide bonds. The Hall–Kier alpha value is -0.730. The lowest BCUT2D eigenvalue weighted by Gasteiger charge is -2.25. The average molecular weight is 374 g/mol. The molecule has 0 bridgehead atoms. The Labute approximate surface area is 158 Å². The van der Waals surface area contributed by atoms with Gasteiger partial charge in [0.2, 0.25) is 5.91 Å². The fourth-order valence-electron chi connectivity index (χ4n) is 2.43. The van der Waals surface area contributed by atoms with Gasteiger partial charge in [0.15, 0.2) is 0 Å². The van der Waals surface area contributed by atoms with Gasteiger partial charge in [-0.05, 0) is 17.7 Å². The lowest BCUT2D eigenvalue weighted by Crippen LogP contribution is -2.35. The van der Waals surface area contributed by atoms with E-state index < -0.39 is 0 Å². The minimum atomic E-state index is -0.167. The van der Waals surface area contributed by atoms with E-state index in [0.29, 0.717) is 16.6 Å². The molecule has 0 saturated heterocycles. The predicted molar refractivity (Wildman–Crippen MR) is 107 cm³/mol. The molecule has 0 spiro atoms. The third-order valence-corrected chi connectivity index (χ3v) is 4.72. The maximum Gasteiger partial charge on any atom is 0.216 e. The topological polar surface area (TPSA) is 29.1 Å². The fraction of sp³-hybridized carbons (Fsp3) is 0.650. The molecule has 1 aromatic carbocycles. The summed E-state index contributed by atoms with van der Waals surface area (Å²) in [5, 5.41) is 3.88. The summed E-state index contributed by atoms with van der Waals surface area (Å²) in [7, 11) is 0. The van der Waals surface area contributed by atoms with Crippen LogP contribution < -0.4 is 5.32 Å². The number of rotatable bonds is 3. The molecule has 0 aromatic heterocycles. The molecule has 0 aliphatic heterocycles. The van der Waals surface area contributed by atoms with Crippen molar-refractivity contribution in [3.8, 4) is 0 Å². The quantitative estimate of drug-likeness (QED) is 0.621. The van der Waals surface area contributed by atoms with Crippen molar-refractivity contribution in [1.82, 2.24) is 5.32 Å². The molecule has 24 heavy (non-hydrogen) atoms. The van der Waals surface area contributed by atoms with Gasteiger partial charge in [-0.15, -0.1) is 0 Å². The highest BCUT2D eigenvalue weighted by atomic mass is 35.5. The van der Waals surface area contributed by atoms with Crippen molar-refractivity contribution in [3.05, 3.63) is 33.8 Å². The number of hydrogen-bond acceptors (Lipinski definition) is 1. The van der Waals surface area contributed by atoms with Crippen molar-refractivity contribution >= 4 is 29.1 Å². The van der Waals surface area contributed by atoms with Gasteiger partial charge in [0.1, 0.15) is 0 Å². The van der Waals surface area contributed by atoms with Crippen molar-refractivity contribution in [2.45, 2.75) is 78.6 Å². The molecule has 1 N–H and O–H groups in total. The van der Waals surface area contributed by atoms with Crippen LogP contribution in [0.25, 0.3) is 0 Å². The number of benzene rings is 1. The molecule has 1 fully saturated rings. The van der Waals surface area contributed by atoms with Crippen LogP contribution in [0.3, 0.4) is 0 Å². The highest BCUT2D eigenvalue weighted by molar-refractivity contribution is 6.42. The Morgan fingerprint density at radius 3 is 1.83 bits per heavy atom. The van der Waals surface area contributed by atoms with Gasteiger partial charge in [-0.25, -0.2) is 0 Å². The molecule has 0 radical (unpaired) electrons. The second-order valence-electron chi connectivity index (χ2n) is 6.54. The standard InChI is InChI=1S/C12H15Cl2NO.C6H12.C2H6/c1-8(16)15-7-12(2,3)9-4-5-10(13)11(14)6-9;1-2-4-6-5-3-1;1-2/h4-6H,7H2,1-3H3,(H,15,16);1-6H2;1-2H3. The van der Waals surface area contributed by atoms with Crippen molar-refractivity contribution in [1.29, 1.82) is 0 Å². The number of carbonyl (C=O) groups excluding carboxylic acids is 1.